The Morgan fingerprint density at radius 2 is 1.93 bits per heavy atom. The van der Waals surface area contributed by atoms with Gasteiger partial charge in [0.05, 0.1) is 11.5 Å². The van der Waals surface area contributed by atoms with E-state index in [1.165, 1.54) is 24.4 Å². The van der Waals surface area contributed by atoms with Crippen molar-refractivity contribution in [1.29, 1.82) is 0 Å². The molecule has 0 saturated carbocycles. The van der Waals surface area contributed by atoms with Gasteiger partial charge in [-0.1, -0.05) is 0 Å². The summed E-state index contributed by atoms with van der Waals surface area (Å²) in [6, 6.07) is 7.40. The minimum absolute atomic E-state index is 0.0683. The summed E-state index contributed by atoms with van der Waals surface area (Å²) in [4.78, 5) is 22.5. The number of hydrogen-bond donors (Lipinski definition) is 3. The van der Waals surface area contributed by atoms with E-state index in [9.17, 15) is 18.0 Å². The van der Waals surface area contributed by atoms with Crippen LogP contribution in [-0.2, 0) is 26.2 Å². The van der Waals surface area contributed by atoms with E-state index in [1.807, 2.05) is 6.92 Å². The molecule has 27 heavy (non-hydrogen) atoms. The number of nitrogens with zero attached hydrogens (tertiary/aromatic N) is 2. The van der Waals surface area contributed by atoms with E-state index in [1.54, 1.807) is 12.1 Å². The fraction of sp³-hybridized carbons (Fsp3) is 0.312. The lowest BCUT2D eigenvalue weighted by molar-refractivity contribution is -0.137. The van der Waals surface area contributed by atoms with Gasteiger partial charge in [-0.25, -0.2) is 13.1 Å². The number of carboxylic acids is 1. The highest BCUT2D eigenvalue weighted by atomic mass is 32.2. The number of aromatic nitrogens is 2. The molecule has 0 aliphatic carbocycles. The van der Waals surface area contributed by atoms with Crippen molar-refractivity contribution in [2.24, 2.45) is 0 Å². The van der Waals surface area contributed by atoms with Crippen molar-refractivity contribution in [2.75, 3.05) is 18.5 Å². The summed E-state index contributed by atoms with van der Waals surface area (Å²) >= 11 is 0. The zero-order valence-electron chi connectivity index (χ0n) is 14.6. The number of rotatable bonds is 10. The molecular formula is C16H20N4O6S. The fourth-order valence-electron chi connectivity index (χ4n) is 2.12. The van der Waals surface area contributed by atoms with Gasteiger partial charge in [0.2, 0.25) is 15.9 Å². The van der Waals surface area contributed by atoms with Crippen LogP contribution in [0.25, 0.3) is 0 Å². The first-order valence-corrected chi connectivity index (χ1v) is 9.56. The van der Waals surface area contributed by atoms with E-state index in [0.29, 0.717) is 12.4 Å². The average Bonchev–Trinajstić information content (AvgIpc) is 3.01. The number of carboxylic acid groups (broad SMARTS) is 1. The topological polar surface area (TPSA) is 140 Å². The Morgan fingerprint density at radius 3 is 2.56 bits per heavy atom. The van der Waals surface area contributed by atoms with Crippen LogP contribution in [0, 0.1) is 0 Å². The molecule has 10 nitrogen and oxygen atoms in total. The smallest absolute Gasteiger partial charge is 0.325 e. The first-order valence-electron chi connectivity index (χ1n) is 8.08. The second-order valence-electron chi connectivity index (χ2n) is 5.39. The largest absolute Gasteiger partial charge is 0.494 e. The predicted molar refractivity (Wildman–Crippen MR) is 95.9 cm³/mol. The summed E-state index contributed by atoms with van der Waals surface area (Å²) in [5.41, 5.74) is 0. The molecule has 3 N–H and O–H groups in total. The molecular weight excluding hydrogens is 376 g/mol. The first kappa shape index (κ1) is 20.4. The van der Waals surface area contributed by atoms with E-state index in [0.717, 1.165) is 4.68 Å². The van der Waals surface area contributed by atoms with Crippen LogP contribution in [0.1, 0.15) is 13.3 Å². The average molecular weight is 396 g/mol. The van der Waals surface area contributed by atoms with Gasteiger partial charge in [-0.05, 0) is 31.2 Å². The Morgan fingerprint density at radius 1 is 1.22 bits per heavy atom. The Labute approximate surface area is 156 Å². The molecule has 1 amide bonds. The van der Waals surface area contributed by atoms with E-state index in [2.05, 4.69) is 15.1 Å². The van der Waals surface area contributed by atoms with Crippen molar-refractivity contribution in [3.63, 3.8) is 0 Å². The molecule has 0 bridgehead atoms. The highest BCUT2D eigenvalue weighted by Gasteiger charge is 2.14. The van der Waals surface area contributed by atoms with E-state index in [4.69, 9.17) is 9.84 Å². The molecule has 1 aromatic heterocycles. The molecule has 146 valence electrons. The lowest BCUT2D eigenvalue weighted by Crippen LogP contribution is -2.28. The maximum absolute atomic E-state index is 12.2. The third-order valence-corrected chi connectivity index (χ3v) is 4.77. The number of sulfonamides is 1. The molecule has 2 aromatic rings. The van der Waals surface area contributed by atoms with Crippen molar-refractivity contribution in [2.45, 2.75) is 24.8 Å². The monoisotopic (exact) mass is 396 g/mol. The van der Waals surface area contributed by atoms with Crippen LogP contribution in [0.5, 0.6) is 5.75 Å². The number of hydrogen-bond acceptors (Lipinski definition) is 6. The number of carbonyl (C=O) groups is 2. The van der Waals surface area contributed by atoms with Crippen molar-refractivity contribution in [1.82, 2.24) is 14.5 Å². The number of carbonyl (C=O) groups excluding carboxylic acids is 1. The van der Waals surface area contributed by atoms with Gasteiger partial charge < -0.3 is 15.2 Å². The predicted octanol–water partition coefficient (Wildman–Crippen LogP) is 0.673. The maximum atomic E-state index is 12.2. The number of ether oxygens (including phenoxy) is 1. The number of anilines is 1. The molecule has 1 aromatic carbocycles. The number of nitrogens with one attached hydrogen (secondary N) is 2. The molecule has 0 spiro atoms. The number of benzene rings is 1. The van der Waals surface area contributed by atoms with Gasteiger partial charge in [-0.2, -0.15) is 5.10 Å². The van der Waals surface area contributed by atoms with Crippen LogP contribution in [-0.4, -0.2) is 48.3 Å². The van der Waals surface area contributed by atoms with Crippen LogP contribution >= 0.6 is 0 Å². The summed E-state index contributed by atoms with van der Waals surface area (Å²) in [7, 11) is -3.74. The minimum atomic E-state index is -3.74. The highest BCUT2D eigenvalue weighted by molar-refractivity contribution is 7.89. The number of aliphatic carboxylic acids is 1. The summed E-state index contributed by atoms with van der Waals surface area (Å²) in [5, 5.41) is 15.0. The van der Waals surface area contributed by atoms with Gasteiger partial charge in [0.25, 0.3) is 0 Å². The molecule has 0 aliphatic heterocycles. The Bertz CT molecular complexity index is 892. The number of amides is 1. The highest BCUT2D eigenvalue weighted by Crippen LogP contribution is 2.15. The zero-order valence-corrected chi connectivity index (χ0v) is 15.4. The standard InChI is InChI=1S/C16H20N4O6S/c1-2-26-12-3-5-13(6-4-12)27(24,25)17-9-7-15(21)18-14-8-10-20(19-14)11-16(22)23/h3-6,8,10,17H,2,7,9,11H2,1H3,(H,22,23)(H,18,19,21). The van der Waals surface area contributed by atoms with Crippen LogP contribution < -0.4 is 14.8 Å². The van der Waals surface area contributed by atoms with E-state index in [-0.39, 0.29) is 30.2 Å². The Balaban J connectivity index is 1.82. The quantitative estimate of drug-likeness (QED) is 0.536. The van der Waals surface area contributed by atoms with Gasteiger partial charge in [0, 0.05) is 25.2 Å². The van der Waals surface area contributed by atoms with Gasteiger partial charge >= 0.3 is 5.97 Å². The Hall–Kier alpha value is -2.92. The second-order valence-corrected chi connectivity index (χ2v) is 7.16. The normalized spacial score (nSPS) is 11.1. The summed E-state index contributed by atoms with van der Waals surface area (Å²) in [6.07, 6.45) is 1.31. The zero-order chi connectivity index (χ0) is 19.9. The summed E-state index contributed by atoms with van der Waals surface area (Å²) < 4.78 is 33.1. The van der Waals surface area contributed by atoms with Crippen molar-refractivity contribution in [3.8, 4) is 5.75 Å². The van der Waals surface area contributed by atoms with Gasteiger partial charge in [-0.15, -0.1) is 0 Å². The summed E-state index contributed by atoms with van der Waals surface area (Å²) in [5.74, 6) is -0.751. The SMILES string of the molecule is CCOc1ccc(S(=O)(=O)NCCC(=O)Nc2ccn(CC(=O)O)n2)cc1. The van der Waals surface area contributed by atoms with E-state index < -0.39 is 21.9 Å². The molecule has 0 fully saturated rings. The first-order chi connectivity index (χ1) is 12.8. The van der Waals surface area contributed by atoms with Crippen molar-refractivity contribution < 1.29 is 27.9 Å². The molecule has 0 radical (unpaired) electrons. The second kappa shape index (κ2) is 9.14. The lowest BCUT2D eigenvalue weighted by atomic mass is 10.3. The molecule has 0 unspecified atom stereocenters. The van der Waals surface area contributed by atoms with Crippen LogP contribution in [0.3, 0.4) is 0 Å². The maximum Gasteiger partial charge on any atom is 0.325 e. The molecule has 11 heteroatoms. The van der Waals surface area contributed by atoms with Gasteiger partial charge in [0.1, 0.15) is 12.3 Å². The molecule has 0 atom stereocenters. The molecule has 0 aliphatic rings. The summed E-state index contributed by atoms with van der Waals surface area (Å²) in [6.45, 7) is 1.89. The van der Waals surface area contributed by atoms with Gasteiger partial charge in [0.15, 0.2) is 5.82 Å². The third kappa shape index (κ3) is 6.38. The van der Waals surface area contributed by atoms with Crippen molar-refractivity contribution in [3.05, 3.63) is 36.5 Å². The lowest BCUT2D eigenvalue weighted by Gasteiger charge is -2.08. The van der Waals surface area contributed by atoms with Crippen LogP contribution in [0.4, 0.5) is 5.82 Å². The third-order valence-electron chi connectivity index (χ3n) is 3.29. The molecule has 1 heterocycles. The molecule has 0 saturated heterocycles. The van der Waals surface area contributed by atoms with Crippen LogP contribution in [0.2, 0.25) is 0 Å². The minimum Gasteiger partial charge on any atom is -0.494 e. The van der Waals surface area contributed by atoms with Crippen LogP contribution in [0.15, 0.2) is 41.4 Å². The Kier molecular flexibility index (Phi) is 6.91. The van der Waals surface area contributed by atoms with Gasteiger partial charge in [-0.3, -0.25) is 14.3 Å². The fourth-order valence-corrected chi connectivity index (χ4v) is 3.16. The van der Waals surface area contributed by atoms with Crippen molar-refractivity contribution >= 4 is 27.7 Å². The molecule has 2 rings (SSSR count). The van der Waals surface area contributed by atoms with E-state index >= 15 is 0 Å².